The second-order valence-electron chi connectivity index (χ2n) is 4.67. The van der Waals surface area contributed by atoms with Crippen molar-refractivity contribution >= 4 is 17.2 Å². The van der Waals surface area contributed by atoms with Crippen molar-refractivity contribution in [3.05, 3.63) is 0 Å². The van der Waals surface area contributed by atoms with Crippen LogP contribution in [0.3, 0.4) is 0 Å². The van der Waals surface area contributed by atoms with Crippen LogP contribution in [0.2, 0.25) is 0 Å². The lowest BCUT2D eigenvalue weighted by molar-refractivity contribution is 0.165. The molecule has 0 spiro atoms. The topological polar surface area (TPSA) is 38.5 Å². The first-order chi connectivity index (χ1) is 7.25. The number of nitrogens with zero attached hydrogens (tertiary/aromatic N) is 1. The van der Waals surface area contributed by atoms with E-state index in [-0.39, 0.29) is 0 Å². The minimum atomic E-state index is 0.642. The largest absolute Gasteiger partial charge is 0.393 e. The molecule has 0 radical (unpaired) electrons. The van der Waals surface area contributed by atoms with Crippen LogP contribution in [0.1, 0.15) is 25.7 Å². The van der Waals surface area contributed by atoms with Crippen molar-refractivity contribution in [3.63, 3.8) is 0 Å². The second kappa shape index (κ2) is 5.23. The molecule has 0 aromatic carbocycles. The Morgan fingerprint density at radius 3 is 2.73 bits per heavy atom. The van der Waals surface area contributed by atoms with Crippen LogP contribution in [0.4, 0.5) is 0 Å². The van der Waals surface area contributed by atoms with Gasteiger partial charge in [0.15, 0.2) is 0 Å². The van der Waals surface area contributed by atoms with Gasteiger partial charge >= 0.3 is 0 Å². The van der Waals surface area contributed by atoms with E-state index in [1.807, 2.05) is 0 Å². The minimum Gasteiger partial charge on any atom is -0.393 e. The first-order valence-corrected chi connectivity index (χ1v) is 6.26. The highest BCUT2D eigenvalue weighted by molar-refractivity contribution is 7.80. The lowest BCUT2D eigenvalue weighted by Gasteiger charge is -2.24. The SMILES string of the molecule is NC(=S)CCN(CC1CCOC1)C1CC1. The molecule has 86 valence electrons. The van der Waals surface area contributed by atoms with E-state index in [9.17, 15) is 0 Å². The quantitative estimate of drug-likeness (QED) is 0.693. The summed E-state index contributed by atoms with van der Waals surface area (Å²) in [6, 6.07) is 0.806. The molecular weight excluding hydrogens is 208 g/mol. The Hall–Kier alpha value is -0.190. The fraction of sp³-hybridized carbons (Fsp3) is 0.909. The Labute approximate surface area is 96.9 Å². The lowest BCUT2D eigenvalue weighted by Crippen LogP contribution is -2.34. The van der Waals surface area contributed by atoms with Gasteiger partial charge in [-0.3, -0.25) is 4.90 Å². The van der Waals surface area contributed by atoms with Crippen LogP contribution in [0.5, 0.6) is 0 Å². The molecule has 1 saturated carbocycles. The zero-order valence-electron chi connectivity index (χ0n) is 9.15. The van der Waals surface area contributed by atoms with Crippen molar-refractivity contribution < 1.29 is 4.74 Å². The predicted molar refractivity (Wildman–Crippen MR) is 64.9 cm³/mol. The van der Waals surface area contributed by atoms with E-state index in [4.69, 9.17) is 22.7 Å². The molecule has 1 heterocycles. The summed E-state index contributed by atoms with van der Waals surface area (Å²) < 4.78 is 5.41. The molecule has 2 rings (SSSR count). The number of ether oxygens (including phenoxy) is 1. The van der Waals surface area contributed by atoms with Crippen LogP contribution in [0.25, 0.3) is 0 Å². The summed E-state index contributed by atoms with van der Waals surface area (Å²) in [5.74, 6) is 0.733. The van der Waals surface area contributed by atoms with E-state index >= 15 is 0 Å². The summed E-state index contributed by atoms with van der Waals surface area (Å²) in [5.41, 5.74) is 5.55. The van der Waals surface area contributed by atoms with Gasteiger partial charge in [-0.2, -0.15) is 0 Å². The Morgan fingerprint density at radius 2 is 2.20 bits per heavy atom. The molecule has 0 bridgehead atoms. The molecule has 0 aromatic heterocycles. The van der Waals surface area contributed by atoms with Crippen LogP contribution in [0.15, 0.2) is 0 Å². The fourth-order valence-corrected chi connectivity index (χ4v) is 2.27. The first-order valence-electron chi connectivity index (χ1n) is 5.86. The summed E-state index contributed by atoms with van der Waals surface area (Å²) in [7, 11) is 0. The lowest BCUT2D eigenvalue weighted by atomic mass is 10.1. The van der Waals surface area contributed by atoms with Gasteiger partial charge in [0.1, 0.15) is 0 Å². The van der Waals surface area contributed by atoms with Crippen LogP contribution in [0, 0.1) is 5.92 Å². The van der Waals surface area contributed by atoms with Crippen molar-refractivity contribution in [3.8, 4) is 0 Å². The maximum atomic E-state index is 5.55. The van der Waals surface area contributed by atoms with Crippen molar-refractivity contribution in [2.24, 2.45) is 11.7 Å². The summed E-state index contributed by atoms with van der Waals surface area (Å²) in [6.07, 6.45) is 4.78. The van der Waals surface area contributed by atoms with Gasteiger partial charge in [0, 0.05) is 32.2 Å². The molecule has 4 heteroatoms. The third kappa shape index (κ3) is 3.70. The Kier molecular flexibility index (Phi) is 3.94. The molecule has 2 N–H and O–H groups in total. The van der Waals surface area contributed by atoms with Gasteiger partial charge < -0.3 is 10.5 Å². The Bertz CT molecular complexity index is 225. The standard InChI is InChI=1S/C11H20N2OS/c12-11(15)3-5-13(10-1-2-10)7-9-4-6-14-8-9/h9-10H,1-8H2,(H2,12,15). The highest BCUT2D eigenvalue weighted by Crippen LogP contribution is 2.28. The third-order valence-corrected chi connectivity index (χ3v) is 3.43. The van der Waals surface area contributed by atoms with E-state index in [2.05, 4.69) is 4.90 Å². The van der Waals surface area contributed by atoms with Crippen molar-refractivity contribution in [2.45, 2.75) is 31.7 Å². The summed E-state index contributed by atoms with van der Waals surface area (Å²) >= 11 is 4.93. The van der Waals surface area contributed by atoms with Gasteiger partial charge in [-0.25, -0.2) is 0 Å². The number of hydrogen-bond donors (Lipinski definition) is 1. The predicted octanol–water partition coefficient (Wildman–Crippen LogP) is 1.16. The van der Waals surface area contributed by atoms with E-state index in [0.29, 0.717) is 4.99 Å². The summed E-state index contributed by atoms with van der Waals surface area (Å²) in [4.78, 5) is 3.20. The van der Waals surface area contributed by atoms with Crippen molar-refractivity contribution in [1.82, 2.24) is 4.90 Å². The van der Waals surface area contributed by atoms with Gasteiger partial charge in [-0.05, 0) is 25.2 Å². The average molecular weight is 228 g/mol. The van der Waals surface area contributed by atoms with E-state index in [1.165, 1.54) is 25.8 Å². The first kappa shape index (κ1) is 11.3. The van der Waals surface area contributed by atoms with Crippen LogP contribution in [-0.4, -0.2) is 42.2 Å². The van der Waals surface area contributed by atoms with E-state index < -0.39 is 0 Å². The molecule has 1 aliphatic heterocycles. The number of rotatable bonds is 6. The molecule has 2 fully saturated rings. The zero-order valence-corrected chi connectivity index (χ0v) is 9.97. The molecule has 3 nitrogen and oxygen atoms in total. The Balaban J connectivity index is 1.74. The summed E-state index contributed by atoms with van der Waals surface area (Å²) in [6.45, 7) is 4.10. The molecule has 15 heavy (non-hydrogen) atoms. The highest BCUT2D eigenvalue weighted by Gasteiger charge is 2.31. The normalized spacial score (nSPS) is 26.1. The maximum absolute atomic E-state index is 5.55. The number of hydrogen-bond acceptors (Lipinski definition) is 3. The van der Waals surface area contributed by atoms with Crippen LogP contribution in [-0.2, 0) is 4.74 Å². The monoisotopic (exact) mass is 228 g/mol. The molecule has 1 aliphatic carbocycles. The third-order valence-electron chi connectivity index (χ3n) is 3.23. The molecule has 1 unspecified atom stereocenters. The van der Waals surface area contributed by atoms with Crippen molar-refractivity contribution in [2.75, 3.05) is 26.3 Å². The van der Waals surface area contributed by atoms with Crippen molar-refractivity contribution in [1.29, 1.82) is 0 Å². The van der Waals surface area contributed by atoms with Gasteiger partial charge in [0.05, 0.1) is 11.6 Å². The fourth-order valence-electron chi connectivity index (χ4n) is 2.18. The van der Waals surface area contributed by atoms with Gasteiger partial charge in [-0.1, -0.05) is 12.2 Å². The van der Waals surface area contributed by atoms with Crippen LogP contribution >= 0.6 is 12.2 Å². The van der Waals surface area contributed by atoms with Crippen LogP contribution < -0.4 is 5.73 Å². The number of thiocarbonyl (C=S) groups is 1. The highest BCUT2D eigenvalue weighted by atomic mass is 32.1. The average Bonchev–Trinajstić information content (AvgIpc) is 2.91. The molecule has 0 amide bonds. The molecule has 2 aliphatic rings. The van der Waals surface area contributed by atoms with E-state index in [1.54, 1.807) is 0 Å². The summed E-state index contributed by atoms with van der Waals surface area (Å²) in [5, 5.41) is 0. The molecule has 1 atom stereocenters. The van der Waals surface area contributed by atoms with Gasteiger partial charge in [0.25, 0.3) is 0 Å². The molecule has 1 saturated heterocycles. The second-order valence-corrected chi connectivity index (χ2v) is 5.20. The smallest absolute Gasteiger partial charge is 0.0740 e. The van der Waals surface area contributed by atoms with Gasteiger partial charge in [0.2, 0.25) is 0 Å². The number of nitrogens with two attached hydrogens (primary N) is 1. The van der Waals surface area contributed by atoms with E-state index in [0.717, 1.165) is 38.1 Å². The maximum Gasteiger partial charge on any atom is 0.0740 e. The minimum absolute atomic E-state index is 0.642. The zero-order chi connectivity index (χ0) is 10.7. The molecule has 0 aromatic rings. The molecular formula is C11H20N2OS. The van der Waals surface area contributed by atoms with Gasteiger partial charge in [-0.15, -0.1) is 0 Å². The Morgan fingerprint density at radius 1 is 1.40 bits per heavy atom.